The molecule has 0 radical (unpaired) electrons. The highest BCUT2D eigenvalue weighted by Crippen LogP contribution is 2.40. The normalized spacial score (nSPS) is 15.2. The van der Waals surface area contributed by atoms with Gasteiger partial charge >= 0.3 is 0 Å². The number of nitrogens with one attached hydrogen (secondary N) is 1. The number of carbonyl (C=O) groups is 1. The Morgan fingerprint density at radius 1 is 1.25 bits per heavy atom. The van der Waals surface area contributed by atoms with Crippen molar-refractivity contribution in [2.45, 2.75) is 45.6 Å². The fourth-order valence-corrected chi connectivity index (χ4v) is 4.79. The van der Waals surface area contributed by atoms with E-state index in [0.29, 0.717) is 10.8 Å². The zero-order valence-electron chi connectivity index (χ0n) is 16.1. The Morgan fingerprint density at radius 3 is 2.79 bits per heavy atom. The van der Waals surface area contributed by atoms with Crippen LogP contribution in [0.25, 0.3) is 21.2 Å². The maximum absolute atomic E-state index is 13.0. The van der Waals surface area contributed by atoms with Crippen molar-refractivity contribution < 1.29 is 9.21 Å². The van der Waals surface area contributed by atoms with E-state index in [0.717, 1.165) is 56.9 Å². The van der Waals surface area contributed by atoms with Crippen LogP contribution in [0.1, 0.15) is 64.2 Å². The second-order valence-electron chi connectivity index (χ2n) is 7.56. The average Bonchev–Trinajstić information content (AvgIpc) is 3.34. The summed E-state index contributed by atoms with van der Waals surface area (Å²) in [7, 11) is 0. The van der Waals surface area contributed by atoms with Crippen molar-refractivity contribution in [1.82, 2.24) is 15.3 Å². The molecule has 1 aromatic carbocycles. The van der Waals surface area contributed by atoms with Crippen LogP contribution in [0.4, 0.5) is 0 Å². The highest BCUT2D eigenvalue weighted by atomic mass is 32.1. The number of benzene rings is 1. The number of aryl methyl sites for hydroxylation is 2. The third-order valence-electron chi connectivity index (χ3n) is 5.36. The molecule has 3 heterocycles. The first kappa shape index (κ1) is 17.4. The molecule has 0 spiro atoms. The van der Waals surface area contributed by atoms with Crippen LogP contribution in [-0.2, 0) is 0 Å². The number of nitrogens with zero attached hydrogens (tertiary/aromatic N) is 2. The minimum Gasteiger partial charge on any atom is -0.459 e. The second-order valence-corrected chi connectivity index (χ2v) is 8.56. The Morgan fingerprint density at radius 2 is 2.04 bits per heavy atom. The number of hydrogen-bond acceptors (Lipinski definition) is 5. The van der Waals surface area contributed by atoms with Crippen molar-refractivity contribution in [3.8, 4) is 0 Å². The molecule has 5 rings (SSSR count). The number of para-hydroxylation sites is 1. The van der Waals surface area contributed by atoms with E-state index in [2.05, 4.69) is 10.3 Å². The van der Waals surface area contributed by atoms with E-state index in [4.69, 9.17) is 9.40 Å². The number of rotatable bonds is 4. The minimum atomic E-state index is -0.223. The summed E-state index contributed by atoms with van der Waals surface area (Å²) in [5.41, 5.74) is 2.74. The number of furan rings is 1. The standard InChI is InChI=1S/C22H21N3O2S/c1-11-18-13(3)23-20(14-8-9-14)25-22(18)28-19(11)21(26)24-12(2)17-10-15-6-4-5-7-16(15)27-17/h4-7,10,12,14H,8-9H2,1-3H3,(H,24,26). The Bertz CT molecular complexity index is 1190. The molecule has 1 unspecified atom stereocenters. The molecule has 1 saturated carbocycles. The van der Waals surface area contributed by atoms with Gasteiger partial charge in [0.15, 0.2) is 0 Å². The van der Waals surface area contributed by atoms with Crippen molar-refractivity contribution in [2.24, 2.45) is 0 Å². The zero-order chi connectivity index (χ0) is 19.4. The Kier molecular flexibility index (Phi) is 3.98. The van der Waals surface area contributed by atoms with E-state index in [1.807, 2.05) is 51.1 Å². The third kappa shape index (κ3) is 2.88. The van der Waals surface area contributed by atoms with Crippen molar-refractivity contribution in [3.05, 3.63) is 58.1 Å². The molecular formula is C22H21N3O2S. The smallest absolute Gasteiger partial charge is 0.262 e. The quantitative estimate of drug-likeness (QED) is 0.504. The summed E-state index contributed by atoms with van der Waals surface area (Å²) in [6.07, 6.45) is 2.33. The Hall–Kier alpha value is -2.73. The number of thiophene rings is 1. The molecule has 28 heavy (non-hydrogen) atoms. The molecule has 0 saturated heterocycles. The second kappa shape index (κ2) is 6.41. The molecule has 1 N–H and O–H groups in total. The van der Waals surface area contributed by atoms with Crippen molar-refractivity contribution in [1.29, 1.82) is 0 Å². The summed E-state index contributed by atoms with van der Waals surface area (Å²) < 4.78 is 5.89. The van der Waals surface area contributed by atoms with Gasteiger partial charge in [-0.1, -0.05) is 18.2 Å². The van der Waals surface area contributed by atoms with Gasteiger partial charge in [0.05, 0.1) is 16.6 Å². The highest BCUT2D eigenvalue weighted by Gasteiger charge is 2.29. The summed E-state index contributed by atoms with van der Waals surface area (Å²) in [4.78, 5) is 24.0. The summed E-state index contributed by atoms with van der Waals surface area (Å²) >= 11 is 1.45. The molecular weight excluding hydrogens is 370 g/mol. The third-order valence-corrected chi connectivity index (χ3v) is 6.54. The SMILES string of the molecule is Cc1nc(C2CC2)nc2sc(C(=O)NC(C)c3cc4ccccc4o3)c(C)c12. The van der Waals surface area contributed by atoms with Crippen LogP contribution in [0, 0.1) is 13.8 Å². The lowest BCUT2D eigenvalue weighted by atomic mass is 10.1. The molecule has 3 aromatic heterocycles. The fraction of sp³-hybridized carbons (Fsp3) is 0.318. The van der Waals surface area contributed by atoms with Crippen LogP contribution in [-0.4, -0.2) is 15.9 Å². The molecule has 0 bridgehead atoms. The molecule has 1 aliphatic rings. The van der Waals surface area contributed by atoms with Gasteiger partial charge in [0.2, 0.25) is 0 Å². The van der Waals surface area contributed by atoms with Crippen LogP contribution >= 0.6 is 11.3 Å². The van der Waals surface area contributed by atoms with Gasteiger partial charge in [-0.15, -0.1) is 11.3 Å². The summed E-state index contributed by atoms with van der Waals surface area (Å²) in [5.74, 6) is 2.07. The van der Waals surface area contributed by atoms with Crippen molar-refractivity contribution in [3.63, 3.8) is 0 Å². The van der Waals surface area contributed by atoms with Gasteiger partial charge in [-0.05, 0) is 51.3 Å². The molecule has 1 aliphatic carbocycles. The molecule has 0 aliphatic heterocycles. The first-order valence-electron chi connectivity index (χ1n) is 9.58. The highest BCUT2D eigenvalue weighted by molar-refractivity contribution is 7.20. The lowest BCUT2D eigenvalue weighted by Crippen LogP contribution is -2.26. The molecule has 6 heteroatoms. The lowest BCUT2D eigenvalue weighted by molar-refractivity contribution is 0.0939. The van der Waals surface area contributed by atoms with Gasteiger partial charge in [0.1, 0.15) is 22.0 Å². The summed E-state index contributed by atoms with van der Waals surface area (Å²) in [6.45, 7) is 5.93. The number of fused-ring (bicyclic) bond motifs is 2. The predicted molar refractivity (Wildman–Crippen MR) is 111 cm³/mol. The monoisotopic (exact) mass is 391 g/mol. The number of amides is 1. The Labute approximate surface area is 166 Å². The molecule has 5 nitrogen and oxygen atoms in total. The van der Waals surface area contributed by atoms with E-state index in [-0.39, 0.29) is 11.9 Å². The van der Waals surface area contributed by atoms with Gasteiger partial charge in [-0.25, -0.2) is 9.97 Å². The van der Waals surface area contributed by atoms with Crippen LogP contribution in [0.15, 0.2) is 34.7 Å². The lowest BCUT2D eigenvalue weighted by Gasteiger charge is -2.10. The van der Waals surface area contributed by atoms with Gasteiger partial charge in [-0.2, -0.15) is 0 Å². The zero-order valence-corrected chi connectivity index (χ0v) is 16.9. The van der Waals surface area contributed by atoms with E-state index < -0.39 is 0 Å². The minimum absolute atomic E-state index is 0.0965. The van der Waals surface area contributed by atoms with E-state index >= 15 is 0 Å². The van der Waals surface area contributed by atoms with Crippen LogP contribution in [0.5, 0.6) is 0 Å². The number of aromatic nitrogens is 2. The Balaban J connectivity index is 1.45. The van der Waals surface area contributed by atoms with Crippen LogP contribution < -0.4 is 5.32 Å². The molecule has 1 fully saturated rings. The summed E-state index contributed by atoms with van der Waals surface area (Å²) in [6, 6.07) is 9.62. The average molecular weight is 391 g/mol. The summed E-state index contributed by atoms with van der Waals surface area (Å²) in [5, 5.41) is 5.12. The fourth-order valence-electron chi connectivity index (χ4n) is 3.65. The van der Waals surface area contributed by atoms with Gasteiger partial charge < -0.3 is 9.73 Å². The molecule has 1 amide bonds. The van der Waals surface area contributed by atoms with E-state index in [1.165, 1.54) is 11.3 Å². The molecule has 142 valence electrons. The maximum Gasteiger partial charge on any atom is 0.262 e. The van der Waals surface area contributed by atoms with E-state index in [9.17, 15) is 4.79 Å². The van der Waals surface area contributed by atoms with Crippen LogP contribution in [0.2, 0.25) is 0 Å². The number of carbonyl (C=O) groups excluding carboxylic acids is 1. The first-order chi connectivity index (χ1) is 13.5. The number of hydrogen-bond donors (Lipinski definition) is 1. The largest absolute Gasteiger partial charge is 0.459 e. The van der Waals surface area contributed by atoms with Crippen molar-refractivity contribution in [2.75, 3.05) is 0 Å². The van der Waals surface area contributed by atoms with Crippen LogP contribution in [0.3, 0.4) is 0 Å². The first-order valence-corrected chi connectivity index (χ1v) is 10.4. The van der Waals surface area contributed by atoms with E-state index in [1.54, 1.807) is 0 Å². The molecule has 1 atom stereocenters. The molecule has 4 aromatic rings. The topological polar surface area (TPSA) is 68.0 Å². The van der Waals surface area contributed by atoms with Gasteiger partial charge in [0, 0.05) is 16.7 Å². The predicted octanol–water partition coefficient (Wildman–Crippen LogP) is 5.42. The van der Waals surface area contributed by atoms with Crippen molar-refractivity contribution >= 4 is 38.4 Å². The van der Waals surface area contributed by atoms with Gasteiger partial charge in [0.25, 0.3) is 5.91 Å². The van der Waals surface area contributed by atoms with Gasteiger partial charge in [-0.3, -0.25) is 4.79 Å². The maximum atomic E-state index is 13.0.